The van der Waals surface area contributed by atoms with E-state index in [4.69, 9.17) is 0 Å². The molecule has 2 rings (SSSR count). The van der Waals surface area contributed by atoms with Crippen molar-refractivity contribution in [1.82, 2.24) is 5.32 Å². The highest BCUT2D eigenvalue weighted by molar-refractivity contribution is 5.31. The van der Waals surface area contributed by atoms with Gasteiger partial charge in [0.25, 0.3) is 0 Å². The van der Waals surface area contributed by atoms with E-state index in [1.54, 1.807) is 12.1 Å². The predicted octanol–water partition coefficient (Wildman–Crippen LogP) is 4.17. The van der Waals surface area contributed by atoms with Crippen LogP contribution in [0.5, 0.6) is 0 Å². The molecule has 0 bridgehead atoms. The van der Waals surface area contributed by atoms with Crippen LogP contribution in [0.25, 0.3) is 0 Å². The lowest BCUT2D eigenvalue weighted by Crippen LogP contribution is -2.50. The first kappa shape index (κ1) is 14.4. The van der Waals surface area contributed by atoms with Crippen molar-refractivity contribution in [2.45, 2.75) is 50.7 Å². The van der Waals surface area contributed by atoms with Crippen LogP contribution in [0.1, 0.15) is 43.7 Å². The van der Waals surface area contributed by atoms with E-state index in [-0.39, 0.29) is 5.54 Å². The van der Waals surface area contributed by atoms with Gasteiger partial charge in [0, 0.05) is 5.54 Å². The maximum absolute atomic E-state index is 13.0. The molecule has 19 heavy (non-hydrogen) atoms. The fourth-order valence-corrected chi connectivity index (χ4v) is 2.92. The maximum atomic E-state index is 13.0. The number of rotatable bonds is 3. The van der Waals surface area contributed by atoms with Gasteiger partial charge < -0.3 is 5.32 Å². The average molecular weight is 271 g/mol. The average Bonchev–Trinajstić information content (AvgIpc) is 2.39. The lowest BCUT2D eigenvalue weighted by molar-refractivity contribution is -0.138. The van der Waals surface area contributed by atoms with Crippen molar-refractivity contribution in [3.63, 3.8) is 0 Å². The first-order valence-electron chi connectivity index (χ1n) is 6.87. The van der Waals surface area contributed by atoms with E-state index in [0.717, 1.165) is 32.2 Å². The Morgan fingerprint density at radius 1 is 1.21 bits per heavy atom. The molecule has 4 heteroatoms. The number of hydrogen-bond donors (Lipinski definition) is 1. The molecular formula is C15H20F3N. The number of piperidine rings is 1. The largest absolute Gasteiger partial charge is 0.416 e. The first-order chi connectivity index (χ1) is 8.97. The molecule has 1 aromatic carbocycles. The predicted molar refractivity (Wildman–Crippen MR) is 70.0 cm³/mol. The third-order valence-corrected chi connectivity index (χ3v) is 4.11. The summed E-state index contributed by atoms with van der Waals surface area (Å²) in [6.45, 7) is 2.95. The second kappa shape index (κ2) is 5.53. The van der Waals surface area contributed by atoms with E-state index < -0.39 is 11.7 Å². The Morgan fingerprint density at radius 3 is 2.53 bits per heavy atom. The molecule has 1 unspecified atom stereocenters. The van der Waals surface area contributed by atoms with Gasteiger partial charge in [0.15, 0.2) is 0 Å². The fraction of sp³-hybridized carbons (Fsp3) is 0.600. The van der Waals surface area contributed by atoms with Crippen LogP contribution in [0.4, 0.5) is 13.2 Å². The normalized spacial score (nSPS) is 24.4. The lowest BCUT2D eigenvalue weighted by Gasteiger charge is -2.38. The molecule has 1 aromatic rings. The Kier molecular flexibility index (Phi) is 4.19. The third kappa shape index (κ3) is 3.30. The highest BCUT2D eigenvalue weighted by atomic mass is 19.4. The monoisotopic (exact) mass is 271 g/mol. The summed E-state index contributed by atoms with van der Waals surface area (Å²) in [5.74, 6) is 0. The minimum Gasteiger partial charge on any atom is -0.311 e. The summed E-state index contributed by atoms with van der Waals surface area (Å²) in [6.07, 6.45) is 0.214. The Morgan fingerprint density at radius 2 is 1.95 bits per heavy atom. The van der Waals surface area contributed by atoms with Crippen molar-refractivity contribution >= 4 is 0 Å². The van der Waals surface area contributed by atoms with Gasteiger partial charge in [0.05, 0.1) is 5.56 Å². The van der Waals surface area contributed by atoms with E-state index in [0.29, 0.717) is 12.0 Å². The summed E-state index contributed by atoms with van der Waals surface area (Å²) in [5, 5.41) is 3.44. The molecule has 1 atom stereocenters. The molecule has 0 radical (unpaired) electrons. The van der Waals surface area contributed by atoms with Crippen LogP contribution >= 0.6 is 0 Å². The Hall–Kier alpha value is -1.03. The zero-order chi connectivity index (χ0) is 13.9. The molecule has 1 heterocycles. The molecule has 0 amide bonds. The van der Waals surface area contributed by atoms with Gasteiger partial charge in [0.2, 0.25) is 0 Å². The van der Waals surface area contributed by atoms with Crippen molar-refractivity contribution in [1.29, 1.82) is 0 Å². The molecule has 0 spiro atoms. The SMILES string of the molecule is CCC1(Cc2ccccc2C(F)(F)F)CCCCN1. The van der Waals surface area contributed by atoms with Crippen molar-refractivity contribution < 1.29 is 13.2 Å². The van der Waals surface area contributed by atoms with Crippen LogP contribution in [0.3, 0.4) is 0 Å². The summed E-state index contributed by atoms with van der Waals surface area (Å²) >= 11 is 0. The van der Waals surface area contributed by atoms with Crippen molar-refractivity contribution in [2.24, 2.45) is 0 Å². The molecule has 106 valence electrons. The maximum Gasteiger partial charge on any atom is 0.416 e. The molecule has 0 saturated carbocycles. The van der Waals surface area contributed by atoms with Crippen molar-refractivity contribution in [3.8, 4) is 0 Å². The first-order valence-corrected chi connectivity index (χ1v) is 6.87. The van der Waals surface area contributed by atoms with Gasteiger partial charge in [-0.05, 0) is 43.9 Å². The van der Waals surface area contributed by atoms with Gasteiger partial charge in [-0.2, -0.15) is 13.2 Å². The molecule has 1 nitrogen and oxygen atoms in total. The molecule has 0 aromatic heterocycles. The van der Waals surface area contributed by atoms with Gasteiger partial charge >= 0.3 is 6.18 Å². The standard InChI is InChI=1S/C15H20F3N/c1-2-14(9-5-6-10-19-14)11-12-7-3-4-8-13(12)15(16,17)18/h3-4,7-8,19H,2,5-6,9-11H2,1H3. The summed E-state index contributed by atoms with van der Waals surface area (Å²) in [7, 11) is 0. The van der Waals surface area contributed by atoms with Gasteiger partial charge in [-0.25, -0.2) is 0 Å². The van der Waals surface area contributed by atoms with Gasteiger partial charge in [0.1, 0.15) is 0 Å². The Balaban J connectivity index is 2.27. The summed E-state index contributed by atoms with van der Waals surface area (Å²) in [6, 6.07) is 5.94. The Labute approximate surface area is 112 Å². The molecule has 0 aliphatic carbocycles. The van der Waals surface area contributed by atoms with Gasteiger partial charge in [-0.3, -0.25) is 0 Å². The molecule has 1 N–H and O–H groups in total. The quantitative estimate of drug-likeness (QED) is 0.870. The highest BCUT2D eigenvalue weighted by Crippen LogP contribution is 2.35. The highest BCUT2D eigenvalue weighted by Gasteiger charge is 2.36. The fourth-order valence-electron chi connectivity index (χ4n) is 2.92. The van der Waals surface area contributed by atoms with Crippen LogP contribution in [0.2, 0.25) is 0 Å². The number of alkyl halides is 3. The lowest BCUT2D eigenvalue weighted by atomic mass is 9.80. The van der Waals surface area contributed by atoms with Crippen LogP contribution in [-0.4, -0.2) is 12.1 Å². The van der Waals surface area contributed by atoms with Gasteiger partial charge in [-0.1, -0.05) is 31.5 Å². The molecule has 1 saturated heterocycles. The van der Waals surface area contributed by atoms with Crippen LogP contribution < -0.4 is 5.32 Å². The minimum absolute atomic E-state index is 0.167. The smallest absolute Gasteiger partial charge is 0.311 e. The summed E-state index contributed by atoms with van der Waals surface area (Å²) in [4.78, 5) is 0. The van der Waals surface area contributed by atoms with Crippen molar-refractivity contribution in [2.75, 3.05) is 6.54 Å². The summed E-state index contributed by atoms with van der Waals surface area (Å²) in [5.41, 5.74) is -0.249. The van der Waals surface area contributed by atoms with E-state index in [2.05, 4.69) is 12.2 Å². The summed E-state index contributed by atoms with van der Waals surface area (Å²) < 4.78 is 39.0. The second-order valence-corrected chi connectivity index (χ2v) is 5.35. The molecular weight excluding hydrogens is 251 g/mol. The van der Waals surface area contributed by atoms with Crippen LogP contribution in [0, 0.1) is 0 Å². The zero-order valence-electron chi connectivity index (χ0n) is 11.2. The van der Waals surface area contributed by atoms with Crippen LogP contribution in [0.15, 0.2) is 24.3 Å². The molecule has 1 aliphatic heterocycles. The van der Waals surface area contributed by atoms with Crippen LogP contribution in [-0.2, 0) is 12.6 Å². The number of hydrogen-bond acceptors (Lipinski definition) is 1. The second-order valence-electron chi connectivity index (χ2n) is 5.35. The zero-order valence-corrected chi connectivity index (χ0v) is 11.2. The number of halogens is 3. The van der Waals surface area contributed by atoms with E-state index in [1.165, 1.54) is 12.1 Å². The van der Waals surface area contributed by atoms with Crippen molar-refractivity contribution in [3.05, 3.63) is 35.4 Å². The number of benzene rings is 1. The number of nitrogens with one attached hydrogen (secondary N) is 1. The molecule has 1 fully saturated rings. The van der Waals surface area contributed by atoms with E-state index >= 15 is 0 Å². The van der Waals surface area contributed by atoms with E-state index in [1.807, 2.05) is 0 Å². The van der Waals surface area contributed by atoms with E-state index in [9.17, 15) is 13.2 Å². The Bertz CT molecular complexity index is 420. The topological polar surface area (TPSA) is 12.0 Å². The minimum atomic E-state index is -4.26. The van der Waals surface area contributed by atoms with Gasteiger partial charge in [-0.15, -0.1) is 0 Å². The third-order valence-electron chi connectivity index (χ3n) is 4.11. The molecule has 1 aliphatic rings.